The van der Waals surface area contributed by atoms with Crippen LogP contribution in [0.4, 0.5) is 0 Å². The maximum atomic E-state index is 13.0. The summed E-state index contributed by atoms with van der Waals surface area (Å²) < 4.78 is 0. The Bertz CT molecular complexity index is 458. The molecule has 0 unspecified atom stereocenters. The number of hydrogen-bond acceptors (Lipinski definition) is 4. The lowest BCUT2D eigenvalue weighted by molar-refractivity contribution is -0.142. The SMILES string of the molecule is CN1CCC[C@]1(C(=O)N1CCCC1)c1cnccn1. The van der Waals surface area contributed by atoms with Crippen molar-refractivity contribution in [1.82, 2.24) is 19.8 Å². The van der Waals surface area contributed by atoms with E-state index in [0.29, 0.717) is 0 Å². The molecule has 1 aromatic heterocycles. The van der Waals surface area contributed by atoms with Crippen LogP contribution in [-0.4, -0.2) is 52.4 Å². The lowest BCUT2D eigenvalue weighted by Crippen LogP contribution is -2.52. The third-order valence-electron chi connectivity index (χ3n) is 4.42. The summed E-state index contributed by atoms with van der Waals surface area (Å²) >= 11 is 0. The molecule has 102 valence electrons. The lowest BCUT2D eigenvalue weighted by atomic mass is 9.90. The minimum atomic E-state index is -0.585. The van der Waals surface area contributed by atoms with E-state index in [-0.39, 0.29) is 5.91 Å². The molecule has 0 spiro atoms. The van der Waals surface area contributed by atoms with Crippen molar-refractivity contribution in [2.45, 2.75) is 31.2 Å². The second-order valence-corrected chi connectivity index (χ2v) is 5.48. The quantitative estimate of drug-likeness (QED) is 0.796. The molecule has 1 atom stereocenters. The molecule has 2 fully saturated rings. The minimum Gasteiger partial charge on any atom is -0.341 e. The maximum absolute atomic E-state index is 13.0. The first-order valence-corrected chi connectivity index (χ1v) is 7.02. The van der Waals surface area contributed by atoms with Gasteiger partial charge in [0, 0.05) is 25.5 Å². The van der Waals surface area contributed by atoms with Crippen LogP contribution in [0.15, 0.2) is 18.6 Å². The van der Waals surface area contributed by atoms with Crippen molar-refractivity contribution in [3.05, 3.63) is 24.3 Å². The van der Waals surface area contributed by atoms with Crippen molar-refractivity contribution >= 4 is 5.91 Å². The molecule has 1 amide bonds. The molecule has 5 heteroatoms. The predicted molar refractivity (Wildman–Crippen MR) is 71.4 cm³/mol. The first-order valence-electron chi connectivity index (χ1n) is 7.02. The highest BCUT2D eigenvalue weighted by Crippen LogP contribution is 2.38. The molecule has 0 aromatic carbocycles. The van der Waals surface area contributed by atoms with Gasteiger partial charge in [-0.1, -0.05) is 0 Å². The van der Waals surface area contributed by atoms with Crippen LogP contribution >= 0.6 is 0 Å². The van der Waals surface area contributed by atoms with Crippen LogP contribution in [0, 0.1) is 0 Å². The van der Waals surface area contributed by atoms with E-state index in [1.807, 2.05) is 11.9 Å². The zero-order valence-electron chi connectivity index (χ0n) is 11.4. The molecule has 0 aliphatic carbocycles. The number of likely N-dealkylation sites (tertiary alicyclic amines) is 2. The van der Waals surface area contributed by atoms with E-state index in [1.54, 1.807) is 18.6 Å². The number of carbonyl (C=O) groups excluding carboxylic acids is 1. The smallest absolute Gasteiger partial charge is 0.249 e. The summed E-state index contributed by atoms with van der Waals surface area (Å²) in [6, 6.07) is 0. The first-order chi connectivity index (χ1) is 9.25. The Morgan fingerprint density at radius 3 is 2.58 bits per heavy atom. The molecule has 0 radical (unpaired) electrons. The van der Waals surface area contributed by atoms with Gasteiger partial charge in [-0.15, -0.1) is 0 Å². The van der Waals surface area contributed by atoms with Gasteiger partial charge in [-0.25, -0.2) is 0 Å². The van der Waals surface area contributed by atoms with E-state index in [2.05, 4.69) is 14.9 Å². The van der Waals surface area contributed by atoms with Gasteiger partial charge in [0.15, 0.2) is 0 Å². The van der Waals surface area contributed by atoms with Gasteiger partial charge in [-0.3, -0.25) is 19.7 Å². The highest BCUT2D eigenvalue weighted by atomic mass is 16.2. The van der Waals surface area contributed by atoms with Crippen molar-refractivity contribution in [1.29, 1.82) is 0 Å². The molecule has 0 N–H and O–H groups in total. The van der Waals surface area contributed by atoms with Gasteiger partial charge >= 0.3 is 0 Å². The van der Waals surface area contributed by atoms with Crippen molar-refractivity contribution in [3.63, 3.8) is 0 Å². The molecule has 0 bridgehead atoms. The summed E-state index contributed by atoms with van der Waals surface area (Å²) in [4.78, 5) is 25.7. The van der Waals surface area contributed by atoms with E-state index in [9.17, 15) is 4.79 Å². The van der Waals surface area contributed by atoms with Crippen LogP contribution in [0.2, 0.25) is 0 Å². The minimum absolute atomic E-state index is 0.213. The molecule has 1 aromatic rings. The summed E-state index contributed by atoms with van der Waals surface area (Å²) in [5, 5.41) is 0. The van der Waals surface area contributed by atoms with E-state index in [1.165, 1.54) is 0 Å². The van der Waals surface area contributed by atoms with Crippen LogP contribution in [0.3, 0.4) is 0 Å². The Morgan fingerprint density at radius 2 is 2.00 bits per heavy atom. The molecule has 2 aliphatic rings. The van der Waals surface area contributed by atoms with Crippen LogP contribution in [0.1, 0.15) is 31.4 Å². The second kappa shape index (κ2) is 4.89. The highest BCUT2D eigenvalue weighted by molar-refractivity contribution is 5.87. The zero-order valence-corrected chi connectivity index (χ0v) is 11.4. The Hall–Kier alpha value is -1.49. The third kappa shape index (κ3) is 1.92. The summed E-state index contributed by atoms with van der Waals surface area (Å²) in [6.45, 7) is 2.71. The van der Waals surface area contributed by atoms with E-state index < -0.39 is 5.54 Å². The molecule has 0 saturated carbocycles. The molecule has 2 saturated heterocycles. The Balaban J connectivity index is 2.00. The summed E-state index contributed by atoms with van der Waals surface area (Å²) in [6.07, 6.45) is 9.20. The van der Waals surface area contributed by atoms with Gasteiger partial charge in [0.1, 0.15) is 5.54 Å². The fourth-order valence-corrected chi connectivity index (χ4v) is 3.35. The molecular weight excluding hydrogens is 240 g/mol. The second-order valence-electron chi connectivity index (χ2n) is 5.48. The van der Waals surface area contributed by atoms with Crippen LogP contribution in [0.5, 0.6) is 0 Å². The van der Waals surface area contributed by atoms with Gasteiger partial charge in [-0.2, -0.15) is 0 Å². The van der Waals surface area contributed by atoms with Gasteiger partial charge < -0.3 is 4.90 Å². The van der Waals surface area contributed by atoms with Crippen molar-refractivity contribution in [3.8, 4) is 0 Å². The van der Waals surface area contributed by atoms with Crippen molar-refractivity contribution in [2.24, 2.45) is 0 Å². The van der Waals surface area contributed by atoms with Gasteiger partial charge in [-0.05, 0) is 39.3 Å². The van der Waals surface area contributed by atoms with Crippen LogP contribution in [-0.2, 0) is 10.3 Å². The van der Waals surface area contributed by atoms with E-state index >= 15 is 0 Å². The number of hydrogen-bond donors (Lipinski definition) is 0. The largest absolute Gasteiger partial charge is 0.341 e. The Morgan fingerprint density at radius 1 is 1.21 bits per heavy atom. The summed E-state index contributed by atoms with van der Waals surface area (Å²) in [5.41, 5.74) is 0.213. The number of likely N-dealkylation sites (N-methyl/N-ethyl adjacent to an activating group) is 1. The molecule has 19 heavy (non-hydrogen) atoms. The third-order valence-corrected chi connectivity index (χ3v) is 4.42. The summed E-state index contributed by atoms with van der Waals surface area (Å²) in [7, 11) is 2.02. The summed E-state index contributed by atoms with van der Waals surface area (Å²) in [5.74, 6) is 0.213. The standard InChI is InChI=1S/C14H20N4O/c1-17-8-4-5-14(17,12-11-15-6-7-16-12)13(19)18-9-2-3-10-18/h6-7,11H,2-5,8-10H2,1H3/t14-/m1/s1. The van der Waals surface area contributed by atoms with Crippen molar-refractivity contribution < 1.29 is 4.79 Å². The number of aromatic nitrogens is 2. The van der Waals surface area contributed by atoms with Crippen LogP contribution < -0.4 is 0 Å². The molecule has 2 aliphatic heterocycles. The highest BCUT2D eigenvalue weighted by Gasteiger charge is 2.50. The topological polar surface area (TPSA) is 49.3 Å². The van der Waals surface area contributed by atoms with E-state index in [4.69, 9.17) is 0 Å². The normalized spacial score (nSPS) is 27.9. The monoisotopic (exact) mass is 260 g/mol. The molecule has 5 nitrogen and oxygen atoms in total. The van der Waals surface area contributed by atoms with Crippen LogP contribution in [0.25, 0.3) is 0 Å². The van der Waals surface area contributed by atoms with Gasteiger partial charge in [0.25, 0.3) is 0 Å². The average molecular weight is 260 g/mol. The fraction of sp³-hybridized carbons (Fsp3) is 0.643. The molecule has 3 heterocycles. The van der Waals surface area contributed by atoms with Gasteiger partial charge in [0.05, 0.1) is 11.9 Å². The van der Waals surface area contributed by atoms with E-state index in [0.717, 1.165) is 51.0 Å². The average Bonchev–Trinajstić information content (AvgIpc) is 3.09. The maximum Gasteiger partial charge on any atom is 0.249 e. The number of rotatable bonds is 2. The first kappa shape index (κ1) is 12.5. The fourth-order valence-electron chi connectivity index (χ4n) is 3.35. The molecular formula is C14H20N4O. The molecule has 3 rings (SSSR count). The zero-order chi connectivity index (χ0) is 13.3. The number of amides is 1. The lowest BCUT2D eigenvalue weighted by Gasteiger charge is -2.37. The van der Waals surface area contributed by atoms with Gasteiger partial charge in [0.2, 0.25) is 5.91 Å². The Kier molecular flexibility index (Phi) is 3.22. The van der Waals surface area contributed by atoms with Crippen molar-refractivity contribution in [2.75, 3.05) is 26.7 Å². The number of carbonyl (C=O) groups is 1. The number of nitrogens with zero attached hydrogens (tertiary/aromatic N) is 4. The predicted octanol–water partition coefficient (Wildman–Crippen LogP) is 1.02. The Labute approximate surface area is 113 Å².